The minimum atomic E-state index is -0.983. The van der Waals surface area contributed by atoms with Crippen LogP contribution in [0.2, 0.25) is 0 Å². The van der Waals surface area contributed by atoms with Crippen LogP contribution in [0.3, 0.4) is 0 Å². The van der Waals surface area contributed by atoms with Gasteiger partial charge in [0.05, 0.1) is 6.04 Å². The van der Waals surface area contributed by atoms with Crippen LogP contribution in [-0.2, 0) is 23.2 Å². The number of carbonyl (C=O) groups excluding carboxylic acids is 3. The molecule has 0 radical (unpaired) electrons. The van der Waals surface area contributed by atoms with Gasteiger partial charge in [-0.05, 0) is 24.9 Å². The molecule has 0 saturated heterocycles. The van der Waals surface area contributed by atoms with E-state index in [2.05, 4.69) is 11.9 Å². The van der Waals surface area contributed by atoms with E-state index in [-0.39, 0.29) is 26.7 Å². The molecule has 28 heavy (non-hydrogen) atoms. The fourth-order valence-electron chi connectivity index (χ4n) is 1.88. The quantitative estimate of drug-likeness (QED) is 0.130. The Morgan fingerprint density at radius 1 is 1.25 bits per heavy atom. The number of alkyl carbamates (subject to hydrolysis) is 1. The highest BCUT2D eigenvalue weighted by molar-refractivity contribution is 7.94. The van der Waals surface area contributed by atoms with Crippen LogP contribution in [0.15, 0.2) is 24.8 Å². The van der Waals surface area contributed by atoms with E-state index < -0.39 is 30.1 Å². The highest BCUT2D eigenvalue weighted by Crippen LogP contribution is 2.16. The largest absolute Gasteiger partial charge is 0.458 e. The van der Waals surface area contributed by atoms with E-state index in [4.69, 9.17) is 13.7 Å². The minimum absolute atomic E-state index is 0. The molecule has 0 fully saturated rings. The summed E-state index contributed by atoms with van der Waals surface area (Å²) in [4.78, 5) is 37.5. The molecule has 0 aliphatic rings. The van der Waals surface area contributed by atoms with E-state index in [1.54, 1.807) is 20.8 Å². The zero-order valence-corrected chi connectivity index (χ0v) is 17.4. The van der Waals surface area contributed by atoms with Gasteiger partial charge >= 0.3 is 12.1 Å². The van der Waals surface area contributed by atoms with Gasteiger partial charge < -0.3 is 19.7 Å². The molecule has 2 atom stereocenters. The van der Waals surface area contributed by atoms with Gasteiger partial charge in [-0.1, -0.05) is 46.9 Å². The maximum Gasteiger partial charge on any atom is 0.407 e. The average molecular weight is 419 g/mol. The van der Waals surface area contributed by atoms with E-state index in [9.17, 15) is 14.4 Å². The summed E-state index contributed by atoms with van der Waals surface area (Å²) < 4.78 is 15.5. The molecule has 0 aliphatic carbocycles. The lowest BCUT2D eigenvalue weighted by Crippen LogP contribution is -2.48. The first-order valence-electron chi connectivity index (χ1n) is 8.67. The molecule has 0 aromatic carbocycles. The summed E-state index contributed by atoms with van der Waals surface area (Å²) in [5.41, 5.74) is 0. The van der Waals surface area contributed by atoms with Gasteiger partial charge in [0.25, 0.3) is 5.91 Å². The molecular weight excluding hydrogens is 384 g/mol. The van der Waals surface area contributed by atoms with Gasteiger partial charge in [-0.3, -0.25) is 8.98 Å². The molecule has 0 aromatic rings. The van der Waals surface area contributed by atoms with Crippen molar-refractivity contribution in [2.24, 2.45) is 5.92 Å². The van der Waals surface area contributed by atoms with E-state index >= 15 is 0 Å². The Bertz CT molecular complexity index is 525. The van der Waals surface area contributed by atoms with Gasteiger partial charge in [0.15, 0.2) is 6.10 Å². The van der Waals surface area contributed by atoms with Crippen molar-refractivity contribution in [3.8, 4) is 0 Å². The molecule has 2 amide bonds. The molecular formula is C19H34N2O6S. The van der Waals surface area contributed by atoms with Crippen LogP contribution in [0.25, 0.3) is 0 Å². The third-order valence-electron chi connectivity index (χ3n) is 3.31. The molecule has 8 nitrogen and oxygen atoms in total. The topological polar surface area (TPSA) is 94.2 Å². The molecule has 9 heteroatoms. The van der Waals surface area contributed by atoms with Gasteiger partial charge in [0, 0.05) is 18.9 Å². The summed E-state index contributed by atoms with van der Waals surface area (Å²) in [6, 6.07) is -0.485. The molecule has 0 heterocycles. The zero-order chi connectivity index (χ0) is 20.8. The standard InChI is InChI=1S/C18H30N2O6S.CH4/c1-7-11-24-15(21)10-9-14(5)20(12-25-27-8-2)17(22)16(13(3)4)26-18(23)19-6;/h7,9-10,13-14,16H,1,8,11-12H2,2-6H3,(H,19,23);1H4/b10-9+;. The number of nitrogens with zero attached hydrogens (tertiary/aromatic N) is 1. The monoisotopic (exact) mass is 418 g/mol. The van der Waals surface area contributed by atoms with Crippen molar-refractivity contribution < 1.29 is 28.0 Å². The highest BCUT2D eigenvalue weighted by atomic mass is 32.2. The lowest BCUT2D eigenvalue weighted by molar-refractivity contribution is -0.147. The lowest BCUT2D eigenvalue weighted by Gasteiger charge is -2.31. The molecule has 0 aromatic heterocycles. The van der Waals surface area contributed by atoms with Gasteiger partial charge in [-0.15, -0.1) is 0 Å². The van der Waals surface area contributed by atoms with Crippen molar-refractivity contribution in [2.45, 2.75) is 47.3 Å². The summed E-state index contributed by atoms with van der Waals surface area (Å²) in [6.07, 6.45) is 2.56. The average Bonchev–Trinajstić information content (AvgIpc) is 2.64. The van der Waals surface area contributed by atoms with Crippen LogP contribution >= 0.6 is 12.0 Å². The maximum atomic E-state index is 13.0. The summed E-state index contributed by atoms with van der Waals surface area (Å²) in [5, 5.41) is 2.33. The van der Waals surface area contributed by atoms with Crippen LogP contribution in [-0.4, -0.2) is 61.2 Å². The number of hydrogen-bond acceptors (Lipinski definition) is 7. The van der Waals surface area contributed by atoms with Crippen molar-refractivity contribution in [3.05, 3.63) is 24.8 Å². The van der Waals surface area contributed by atoms with E-state index in [0.717, 1.165) is 0 Å². The van der Waals surface area contributed by atoms with Crippen LogP contribution in [0.1, 0.15) is 35.1 Å². The zero-order valence-electron chi connectivity index (χ0n) is 16.6. The van der Waals surface area contributed by atoms with Crippen molar-refractivity contribution in [2.75, 3.05) is 26.1 Å². The van der Waals surface area contributed by atoms with Crippen molar-refractivity contribution in [3.63, 3.8) is 0 Å². The number of ether oxygens (including phenoxy) is 2. The second-order valence-electron chi connectivity index (χ2n) is 5.80. The first kappa shape index (κ1) is 28.2. The SMILES string of the molecule is C.C=CCOC(=O)/C=C/C(C)N(COSCC)C(=O)C(OC(=O)NC)C(C)C. The van der Waals surface area contributed by atoms with Crippen LogP contribution in [0.5, 0.6) is 0 Å². The van der Waals surface area contributed by atoms with E-state index in [1.807, 2.05) is 6.92 Å². The molecule has 162 valence electrons. The Kier molecular flexibility index (Phi) is 16.1. The van der Waals surface area contributed by atoms with Crippen LogP contribution in [0.4, 0.5) is 4.79 Å². The molecule has 0 saturated carbocycles. The number of esters is 1. The predicted molar refractivity (Wildman–Crippen MR) is 112 cm³/mol. The summed E-state index contributed by atoms with van der Waals surface area (Å²) >= 11 is 1.20. The number of nitrogens with one attached hydrogen (secondary N) is 1. The Hall–Kier alpha value is -2.00. The summed E-state index contributed by atoms with van der Waals surface area (Å²) in [6.45, 7) is 10.7. The molecule has 0 aliphatic heterocycles. The van der Waals surface area contributed by atoms with Gasteiger partial charge in [0.2, 0.25) is 0 Å². The highest BCUT2D eigenvalue weighted by Gasteiger charge is 2.32. The Morgan fingerprint density at radius 2 is 1.89 bits per heavy atom. The second-order valence-corrected chi connectivity index (χ2v) is 6.85. The maximum absolute atomic E-state index is 13.0. The van der Waals surface area contributed by atoms with E-state index in [0.29, 0.717) is 5.75 Å². The number of rotatable bonds is 12. The third kappa shape index (κ3) is 11.0. The Morgan fingerprint density at radius 3 is 2.39 bits per heavy atom. The molecule has 0 rings (SSSR count). The van der Waals surface area contributed by atoms with Crippen LogP contribution < -0.4 is 5.32 Å². The number of carbonyl (C=O) groups is 3. The summed E-state index contributed by atoms with van der Waals surface area (Å²) in [7, 11) is 1.42. The van der Waals surface area contributed by atoms with Crippen molar-refractivity contribution in [1.82, 2.24) is 10.2 Å². The molecule has 0 bridgehead atoms. The third-order valence-corrected chi connectivity index (χ3v) is 3.82. The van der Waals surface area contributed by atoms with Gasteiger partial charge in [0.1, 0.15) is 13.3 Å². The smallest absolute Gasteiger partial charge is 0.407 e. The predicted octanol–water partition coefficient (Wildman–Crippen LogP) is 3.15. The second kappa shape index (κ2) is 16.0. The minimum Gasteiger partial charge on any atom is -0.458 e. The van der Waals surface area contributed by atoms with Gasteiger partial charge in [-0.2, -0.15) is 0 Å². The normalized spacial score (nSPS) is 12.6. The number of amides is 2. The number of hydrogen-bond donors (Lipinski definition) is 1. The van der Waals surface area contributed by atoms with E-state index in [1.165, 1.54) is 42.2 Å². The Labute approximate surface area is 172 Å². The molecule has 1 N–H and O–H groups in total. The fourth-order valence-corrected chi connectivity index (χ4v) is 2.23. The first-order chi connectivity index (χ1) is 12.8. The van der Waals surface area contributed by atoms with Crippen LogP contribution in [0, 0.1) is 5.92 Å². The van der Waals surface area contributed by atoms with Crippen molar-refractivity contribution in [1.29, 1.82) is 0 Å². The fraction of sp³-hybridized carbons (Fsp3) is 0.632. The lowest BCUT2D eigenvalue weighted by atomic mass is 10.1. The molecule has 0 spiro atoms. The summed E-state index contributed by atoms with van der Waals surface area (Å²) in [5.74, 6) is -0.491. The van der Waals surface area contributed by atoms with Crippen molar-refractivity contribution >= 4 is 30.0 Å². The first-order valence-corrected chi connectivity index (χ1v) is 9.58. The molecule has 2 unspecified atom stereocenters. The Balaban J connectivity index is 0. The van der Waals surface area contributed by atoms with Gasteiger partial charge in [-0.25, -0.2) is 9.59 Å².